The molecule has 0 aliphatic rings. The molecule has 0 spiro atoms. The topological polar surface area (TPSA) is 19.9 Å². The lowest BCUT2D eigenvalue weighted by Gasteiger charge is -2.05. The van der Waals surface area contributed by atoms with Crippen molar-refractivity contribution >= 4 is 58.0 Å². The lowest BCUT2D eigenvalue weighted by Crippen LogP contribution is -2.08. The molecule has 0 amide bonds. The van der Waals surface area contributed by atoms with Crippen LogP contribution in [0.4, 0.5) is 0 Å². The van der Waals surface area contributed by atoms with E-state index < -0.39 is 14.0 Å². The zero-order valence-electron chi connectivity index (χ0n) is 3.80. The van der Waals surface area contributed by atoms with E-state index >= 15 is 0 Å². The van der Waals surface area contributed by atoms with Gasteiger partial charge in [0.15, 0.2) is 0 Å². The van der Waals surface area contributed by atoms with Gasteiger partial charge in [-0.1, -0.05) is 58.0 Å². The molecular weight excluding hydrogens is 229 g/mol. The highest BCUT2D eigenvalue weighted by atomic mass is 35.5. The Labute approximate surface area is 77.1 Å². The smallest absolute Gasteiger partial charge is 0.187 e. The van der Waals surface area contributed by atoms with E-state index in [1.807, 2.05) is 0 Å². The van der Waals surface area contributed by atoms with Crippen molar-refractivity contribution in [2.45, 2.75) is 4.52 Å². The van der Waals surface area contributed by atoms with Gasteiger partial charge in [-0.25, -0.2) is 0 Å². The van der Waals surface area contributed by atoms with E-state index in [4.69, 9.17) is 58.0 Å². The Balaban J connectivity index is 4.40. The van der Waals surface area contributed by atoms with E-state index in [0.717, 1.165) is 0 Å². The summed E-state index contributed by atoms with van der Waals surface area (Å²) in [4.78, 5) is 0. The molecule has 0 saturated heterocycles. The van der Waals surface area contributed by atoms with Crippen molar-refractivity contribution in [2.24, 2.45) is 0 Å². The zero-order valence-corrected chi connectivity index (χ0v) is 7.58. The summed E-state index contributed by atoms with van der Waals surface area (Å²) in [5.41, 5.74) is 0. The van der Waals surface area contributed by atoms with E-state index in [0.29, 0.717) is 0 Å². The molecule has 0 saturated carbocycles. The van der Waals surface area contributed by atoms with Crippen molar-refractivity contribution in [3.05, 3.63) is 9.52 Å². The highest BCUT2D eigenvalue weighted by Gasteiger charge is 2.29. The summed E-state index contributed by atoms with van der Waals surface area (Å²) in [5, 5.41) is 9.90. The summed E-state index contributed by atoms with van der Waals surface area (Å²) in [5.74, 6) is 0. The van der Waals surface area contributed by atoms with Gasteiger partial charge in [-0.15, -0.1) is 0 Å². The van der Waals surface area contributed by atoms with Crippen LogP contribution in [0.25, 0.3) is 0 Å². The number of alkyl halides is 2. The van der Waals surface area contributed by atoms with Gasteiger partial charge in [0.05, 0.1) is 0 Å². The van der Waals surface area contributed by atoms with Gasteiger partial charge in [0.2, 0.25) is 0 Å². The molecule has 0 fully saturated rings. The van der Waals surface area contributed by atoms with E-state index in [9.17, 15) is 5.11 Å². The normalized spacial score (nSPS) is 11.3. The third-order valence-corrected chi connectivity index (χ3v) is 2.02. The zero-order chi connectivity index (χ0) is 7.65. The van der Waals surface area contributed by atoms with E-state index in [-0.39, 0.29) is 0 Å². The van der Waals surface area contributed by atoms with Gasteiger partial charge >= 0.3 is 0 Å². The maximum absolute atomic E-state index is 10.4. The molecule has 0 unspecified atom stereocenters. The van der Waals surface area contributed by atoms with Gasteiger partial charge in [0, 0.05) is 0 Å². The first-order valence-corrected chi connectivity index (χ1v) is 3.54. The van der Waals surface area contributed by atoms with Crippen LogP contribution < -0.4 is 0 Å². The first-order valence-electron chi connectivity index (χ1n) is 1.65. The van der Waals surface area contributed by atoms with Crippen LogP contribution in [0.2, 0.25) is 0 Å². The van der Waals surface area contributed by atoms with Gasteiger partial charge in [-0.05, 0) is 0 Å². The Kier molecular flexibility index (Phi) is 3.96. The maximum Gasteiger partial charge on any atom is 0.288 e. The van der Waals surface area contributed by atoms with Crippen molar-refractivity contribution in [1.29, 1.82) is 0 Å². The Hall–Kier alpha value is 1.15. The predicted octanol–water partition coefficient (Wildman–Crippen LogP) is 3.43. The van der Waals surface area contributed by atoms with Crippen LogP contribution in [-0.2, 0) is 5.11 Å². The van der Waals surface area contributed by atoms with Gasteiger partial charge in [0.25, 0.3) is 4.52 Å². The van der Waals surface area contributed by atoms with Gasteiger partial charge in [-0.2, -0.15) is 5.11 Å². The minimum atomic E-state index is -2.44. The average Bonchev–Trinajstić information content (AvgIpc) is 1.62. The van der Waals surface area contributed by atoms with Crippen LogP contribution in [0.15, 0.2) is 9.52 Å². The van der Waals surface area contributed by atoms with Crippen LogP contribution >= 0.6 is 58.0 Å². The summed E-state index contributed by atoms with van der Waals surface area (Å²) in [6, 6.07) is 0. The lowest BCUT2D eigenvalue weighted by molar-refractivity contribution is 0.158. The third-order valence-electron chi connectivity index (χ3n) is 0.421. The highest BCUT2D eigenvalue weighted by molar-refractivity contribution is 6.63. The largest absolute Gasteiger partial charge is 0.288 e. The number of rotatable bonds is 1. The quantitative estimate of drug-likeness (QED) is 0.614. The molecule has 0 N–H and O–H groups in total. The second kappa shape index (κ2) is 3.51. The summed E-state index contributed by atoms with van der Waals surface area (Å²) < 4.78 is -2.86. The molecule has 53 valence electrons. The fourth-order valence-electron chi connectivity index (χ4n) is 0.110. The van der Waals surface area contributed by atoms with Crippen molar-refractivity contribution in [2.75, 3.05) is 0 Å². The minimum absolute atomic E-state index is 0.420. The van der Waals surface area contributed by atoms with E-state index in [2.05, 4.69) is 0 Å². The summed E-state index contributed by atoms with van der Waals surface area (Å²) in [6.45, 7) is 0. The third kappa shape index (κ3) is 3.76. The van der Waals surface area contributed by atoms with Crippen LogP contribution in [0.3, 0.4) is 0 Å². The van der Waals surface area contributed by atoms with Crippen molar-refractivity contribution in [3.8, 4) is 0 Å². The van der Waals surface area contributed by atoms with Gasteiger partial charge in [-0.3, -0.25) is 0 Å². The Morgan fingerprint density at radius 2 is 1.44 bits per heavy atom. The van der Waals surface area contributed by atoms with Crippen LogP contribution in [-0.4, -0.2) is 4.52 Å². The maximum atomic E-state index is 10.4. The molecule has 6 heteroatoms. The van der Waals surface area contributed by atoms with Gasteiger partial charge in [0.1, 0.15) is 9.52 Å². The molecule has 0 rings (SSSR count). The molecule has 0 aromatic heterocycles. The number of hydrogen-bond donors (Lipinski definition) is 0. The van der Waals surface area contributed by atoms with Crippen molar-refractivity contribution < 1.29 is 5.11 Å². The Morgan fingerprint density at radius 3 is 1.44 bits per heavy atom. The Morgan fingerprint density at radius 1 is 1.11 bits per heavy atom. The number of halogens is 5. The lowest BCUT2D eigenvalue weighted by atomic mass is 10.7. The molecule has 0 aromatic carbocycles. The first-order chi connectivity index (χ1) is 3.85. The van der Waals surface area contributed by atoms with Crippen LogP contribution in [0.5, 0.6) is 0 Å². The van der Waals surface area contributed by atoms with Crippen LogP contribution in [0.1, 0.15) is 0 Å². The molecule has 0 heterocycles. The molecule has 9 heavy (non-hydrogen) atoms. The molecule has 0 aromatic rings. The van der Waals surface area contributed by atoms with Crippen molar-refractivity contribution in [3.63, 3.8) is 0 Å². The predicted molar refractivity (Wildman–Crippen MR) is 39.7 cm³/mol. The second-order valence-corrected chi connectivity index (χ2v) is 3.68. The van der Waals surface area contributed by atoms with Crippen LogP contribution in [0, 0.1) is 0 Å². The molecular formula is C3Cl5O. The number of hydrogen-bond acceptors (Lipinski definition) is 0. The fraction of sp³-hybridized carbons (Fsp3) is 0.333. The van der Waals surface area contributed by atoms with Crippen molar-refractivity contribution in [1.82, 2.24) is 0 Å². The SMILES string of the molecule is [O]C(Cl)(Cl)C(Cl)=C(Cl)Cl. The average molecular weight is 229 g/mol. The van der Waals surface area contributed by atoms with E-state index in [1.54, 1.807) is 0 Å². The Bertz CT molecular complexity index is 130. The summed E-state index contributed by atoms with van der Waals surface area (Å²) in [7, 11) is 0. The highest BCUT2D eigenvalue weighted by Crippen LogP contribution is 2.35. The summed E-state index contributed by atoms with van der Waals surface area (Å²) in [6.07, 6.45) is 0. The molecule has 0 atom stereocenters. The molecule has 1 nitrogen and oxygen atoms in total. The molecule has 0 bridgehead atoms. The first kappa shape index (κ1) is 10.2. The van der Waals surface area contributed by atoms with E-state index in [1.165, 1.54) is 0 Å². The van der Waals surface area contributed by atoms with Gasteiger partial charge < -0.3 is 0 Å². The molecule has 0 aliphatic carbocycles. The minimum Gasteiger partial charge on any atom is -0.187 e. The fourth-order valence-corrected chi connectivity index (χ4v) is 0.759. The molecule has 0 aliphatic heterocycles. The molecule has 1 radical (unpaired) electrons. The second-order valence-electron chi connectivity index (χ2n) is 1.09. The monoisotopic (exact) mass is 227 g/mol. The summed E-state index contributed by atoms with van der Waals surface area (Å²) >= 11 is 25.1. The standard InChI is InChI=1S/C3Cl5O/c4-1(2(5)6)3(7,8)9.